The van der Waals surface area contributed by atoms with E-state index in [2.05, 4.69) is 15.8 Å². The van der Waals surface area contributed by atoms with Crippen molar-refractivity contribution in [1.82, 2.24) is 15.8 Å². The highest BCUT2D eigenvalue weighted by atomic mass is 16.2. The molecule has 5 heteroatoms. The Kier molecular flexibility index (Phi) is 4.78. The standard InChI is InChI=1S/C20H33N3O2/c1-14(13-23-5-3-2-4-6-23)18(24)21-22-19(25)20-10-15-7-16(11-20)9-17(8-15)12-20/h14-17H,2-13H2,1H3,(H,21,24)(H,22,25)/t14-,15?,16?,17?,20?/m0/s1. The van der Waals surface area contributed by atoms with Crippen LogP contribution >= 0.6 is 0 Å². The van der Waals surface area contributed by atoms with Gasteiger partial charge in [0.05, 0.1) is 5.41 Å². The Morgan fingerprint density at radius 3 is 2.08 bits per heavy atom. The lowest BCUT2D eigenvalue weighted by molar-refractivity contribution is -0.149. The summed E-state index contributed by atoms with van der Waals surface area (Å²) in [4.78, 5) is 27.6. The molecule has 1 saturated heterocycles. The largest absolute Gasteiger partial charge is 0.303 e. The Morgan fingerprint density at radius 2 is 1.52 bits per heavy atom. The van der Waals surface area contributed by atoms with Gasteiger partial charge in [0.1, 0.15) is 0 Å². The van der Waals surface area contributed by atoms with Crippen molar-refractivity contribution >= 4 is 11.8 Å². The summed E-state index contributed by atoms with van der Waals surface area (Å²) in [6, 6.07) is 0. The molecule has 0 aromatic carbocycles. The minimum atomic E-state index is -0.196. The van der Waals surface area contributed by atoms with Crippen molar-refractivity contribution in [1.29, 1.82) is 0 Å². The first-order valence-electron chi connectivity index (χ1n) is 10.4. The minimum Gasteiger partial charge on any atom is -0.303 e. The highest BCUT2D eigenvalue weighted by Gasteiger charge is 2.54. The predicted molar refractivity (Wildman–Crippen MR) is 96.3 cm³/mol. The summed E-state index contributed by atoms with van der Waals surface area (Å²) in [5.41, 5.74) is 5.34. The number of nitrogens with one attached hydrogen (secondary N) is 2. The highest BCUT2D eigenvalue weighted by molar-refractivity contribution is 5.86. The summed E-state index contributed by atoms with van der Waals surface area (Å²) >= 11 is 0. The van der Waals surface area contributed by atoms with E-state index >= 15 is 0 Å². The Labute approximate surface area is 151 Å². The molecule has 0 radical (unpaired) electrons. The van der Waals surface area contributed by atoms with Gasteiger partial charge in [0, 0.05) is 12.5 Å². The molecule has 4 aliphatic carbocycles. The molecule has 1 aliphatic heterocycles. The van der Waals surface area contributed by atoms with E-state index in [-0.39, 0.29) is 23.1 Å². The van der Waals surface area contributed by atoms with Crippen LogP contribution in [-0.2, 0) is 9.59 Å². The fourth-order valence-electron chi connectivity index (χ4n) is 6.38. The second-order valence-electron chi connectivity index (χ2n) is 9.40. The summed E-state index contributed by atoms with van der Waals surface area (Å²) in [5, 5.41) is 0. The molecular weight excluding hydrogens is 314 g/mol. The summed E-state index contributed by atoms with van der Waals surface area (Å²) in [6.45, 7) is 4.94. The van der Waals surface area contributed by atoms with E-state index in [4.69, 9.17) is 0 Å². The first kappa shape index (κ1) is 17.3. The molecule has 25 heavy (non-hydrogen) atoms. The Balaban J connectivity index is 1.27. The van der Waals surface area contributed by atoms with Crippen LogP contribution in [0.3, 0.4) is 0 Å². The third kappa shape index (κ3) is 3.57. The lowest BCUT2D eigenvalue weighted by Gasteiger charge is -2.55. The van der Waals surface area contributed by atoms with E-state index in [1.54, 1.807) is 0 Å². The van der Waals surface area contributed by atoms with E-state index in [0.29, 0.717) is 0 Å². The van der Waals surface area contributed by atoms with Gasteiger partial charge in [-0.3, -0.25) is 20.4 Å². The summed E-state index contributed by atoms with van der Waals surface area (Å²) < 4.78 is 0. The fourth-order valence-corrected chi connectivity index (χ4v) is 6.38. The van der Waals surface area contributed by atoms with Gasteiger partial charge in [-0.1, -0.05) is 13.3 Å². The van der Waals surface area contributed by atoms with Gasteiger partial charge >= 0.3 is 0 Å². The van der Waals surface area contributed by atoms with Gasteiger partial charge < -0.3 is 4.90 Å². The van der Waals surface area contributed by atoms with Crippen LogP contribution in [0.25, 0.3) is 0 Å². The number of carbonyl (C=O) groups is 2. The van der Waals surface area contributed by atoms with Crippen LogP contribution in [0.5, 0.6) is 0 Å². The monoisotopic (exact) mass is 347 g/mol. The molecule has 0 aromatic heterocycles. The third-order valence-corrected chi connectivity index (χ3v) is 7.25. The number of hydrogen-bond donors (Lipinski definition) is 2. The van der Waals surface area contributed by atoms with Crippen molar-refractivity contribution in [3.05, 3.63) is 0 Å². The number of hydrazine groups is 1. The molecule has 5 rings (SSSR count). The second kappa shape index (κ2) is 6.90. The molecule has 0 aromatic rings. The molecule has 5 fully saturated rings. The van der Waals surface area contributed by atoms with E-state index in [1.807, 2.05) is 6.92 Å². The fraction of sp³-hybridized carbons (Fsp3) is 0.900. The van der Waals surface area contributed by atoms with Gasteiger partial charge in [0.2, 0.25) is 11.8 Å². The molecule has 0 spiro atoms. The van der Waals surface area contributed by atoms with Crippen LogP contribution in [0, 0.1) is 29.1 Å². The molecule has 4 bridgehead atoms. The molecule has 1 atom stereocenters. The van der Waals surface area contributed by atoms with Crippen LogP contribution in [0.1, 0.15) is 64.7 Å². The number of rotatable bonds is 4. The number of carbonyl (C=O) groups excluding carboxylic acids is 2. The normalized spacial score (nSPS) is 38.4. The molecule has 4 saturated carbocycles. The van der Waals surface area contributed by atoms with E-state index in [1.165, 1.54) is 38.5 Å². The molecule has 2 N–H and O–H groups in total. The number of likely N-dealkylation sites (tertiary alicyclic amines) is 1. The summed E-state index contributed by atoms with van der Waals surface area (Å²) in [7, 11) is 0. The topological polar surface area (TPSA) is 61.4 Å². The van der Waals surface area contributed by atoms with Crippen molar-refractivity contribution in [2.45, 2.75) is 64.7 Å². The predicted octanol–water partition coefficient (Wildman–Crippen LogP) is 2.47. The number of nitrogens with zero attached hydrogens (tertiary/aromatic N) is 1. The van der Waals surface area contributed by atoms with Crippen molar-refractivity contribution in [3.8, 4) is 0 Å². The van der Waals surface area contributed by atoms with Crippen LogP contribution in [0.2, 0.25) is 0 Å². The number of piperidine rings is 1. The average molecular weight is 348 g/mol. The van der Waals surface area contributed by atoms with Crippen LogP contribution in [0.4, 0.5) is 0 Å². The van der Waals surface area contributed by atoms with Crippen molar-refractivity contribution < 1.29 is 9.59 Å². The van der Waals surface area contributed by atoms with E-state index in [0.717, 1.165) is 56.7 Å². The molecule has 2 amide bonds. The first-order chi connectivity index (χ1) is 12.0. The Bertz CT molecular complexity index is 492. The lowest BCUT2D eigenvalue weighted by Crippen LogP contribution is -2.57. The van der Waals surface area contributed by atoms with E-state index < -0.39 is 0 Å². The van der Waals surface area contributed by atoms with Gasteiger partial charge in [-0.15, -0.1) is 0 Å². The minimum absolute atomic E-state index is 0.0522. The van der Waals surface area contributed by atoms with Crippen LogP contribution < -0.4 is 10.9 Å². The average Bonchev–Trinajstić information content (AvgIpc) is 2.59. The van der Waals surface area contributed by atoms with Gasteiger partial charge in [0.15, 0.2) is 0 Å². The van der Waals surface area contributed by atoms with Crippen molar-refractivity contribution in [3.63, 3.8) is 0 Å². The first-order valence-corrected chi connectivity index (χ1v) is 10.4. The summed E-state index contributed by atoms with van der Waals surface area (Å²) in [5.74, 6) is 2.16. The zero-order chi connectivity index (χ0) is 17.4. The zero-order valence-electron chi connectivity index (χ0n) is 15.6. The SMILES string of the molecule is C[C@@H](CN1CCCCC1)C(=O)NNC(=O)C12CC3CC(CC(C3)C1)C2. The van der Waals surface area contributed by atoms with Crippen molar-refractivity contribution in [2.75, 3.05) is 19.6 Å². The number of amides is 2. The highest BCUT2D eigenvalue weighted by Crippen LogP contribution is 2.60. The number of hydrogen-bond acceptors (Lipinski definition) is 3. The molecule has 0 unspecified atom stereocenters. The van der Waals surface area contributed by atoms with E-state index in [9.17, 15) is 9.59 Å². The molecular formula is C20H33N3O2. The van der Waals surface area contributed by atoms with Crippen LogP contribution in [0.15, 0.2) is 0 Å². The van der Waals surface area contributed by atoms with Gasteiger partial charge in [-0.25, -0.2) is 0 Å². The lowest BCUT2D eigenvalue weighted by atomic mass is 9.49. The molecule has 5 nitrogen and oxygen atoms in total. The maximum Gasteiger partial charge on any atom is 0.244 e. The Hall–Kier alpha value is -1.10. The Morgan fingerprint density at radius 1 is 0.960 bits per heavy atom. The van der Waals surface area contributed by atoms with Gasteiger partial charge in [0.25, 0.3) is 0 Å². The quantitative estimate of drug-likeness (QED) is 0.768. The van der Waals surface area contributed by atoms with Gasteiger partial charge in [-0.2, -0.15) is 0 Å². The maximum atomic E-state index is 12.9. The third-order valence-electron chi connectivity index (χ3n) is 7.25. The molecule has 140 valence electrons. The van der Waals surface area contributed by atoms with Crippen molar-refractivity contribution in [2.24, 2.45) is 29.1 Å². The smallest absolute Gasteiger partial charge is 0.244 e. The summed E-state index contributed by atoms with van der Waals surface area (Å²) in [6.07, 6.45) is 10.8. The second-order valence-corrected chi connectivity index (χ2v) is 9.40. The van der Waals surface area contributed by atoms with Crippen LogP contribution in [-0.4, -0.2) is 36.3 Å². The molecule has 1 heterocycles. The van der Waals surface area contributed by atoms with Gasteiger partial charge in [-0.05, 0) is 82.2 Å². The molecule has 5 aliphatic rings. The zero-order valence-corrected chi connectivity index (χ0v) is 15.6. The maximum absolute atomic E-state index is 12.9.